The first-order valence-electron chi connectivity index (χ1n) is 11.0. The SMILES string of the molecule is CCCCCCCCNc1ccc(C(=O)/C=C/c2cccc3ccc(O)cc23)cc1. The second-order valence-corrected chi connectivity index (χ2v) is 7.72. The van der Waals surface area contributed by atoms with Crippen molar-refractivity contribution in [2.45, 2.75) is 45.4 Å². The number of hydrogen-bond acceptors (Lipinski definition) is 3. The largest absolute Gasteiger partial charge is 0.508 e. The van der Waals surface area contributed by atoms with Gasteiger partial charge < -0.3 is 10.4 Å². The summed E-state index contributed by atoms with van der Waals surface area (Å²) in [5.74, 6) is 0.188. The number of anilines is 1. The number of unbranched alkanes of at least 4 members (excludes halogenated alkanes) is 5. The molecule has 0 bridgehead atoms. The van der Waals surface area contributed by atoms with E-state index >= 15 is 0 Å². The maximum Gasteiger partial charge on any atom is 0.185 e. The number of carbonyl (C=O) groups is 1. The molecule has 0 atom stereocenters. The summed E-state index contributed by atoms with van der Waals surface area (Å²) in [6.45, 7) is 3.20. The van der Waals surface area contributed by atoms with Gasteiger partial charge in [-0.05, 0) is 65.2 Å². The number of aromatic hydroxyl groups is 1. The predicted octanol–water partition coefficient (Wildman–Crippen LogP) is 7.21. The summed E-state index contributed by atoms with van der Waals surface area (Å²) in [5, 5.41) is 15.2. The molecule has 2 N–H and O–H groups in total. The van der Waals surface area contributed by atoms with Crippen LogP contribution in [0.15, 0.2) is 66.7 Å². The lowest BCUT2D eigenvalue weighted by Gasteiger charge is -2.07. The molecule has 30 heavy (non-hydrogen) atoms. The van der Waals surface area contributed by atoms with Crippen molar-refractivity contribution in [1.82, 2.24) is 0 Å². The smallest absolute Gasteiger partial charge is 0.185 e. The van der Waals surface area contributed by atoms with E-state index in [0.29, 0.717) is 5.56 Å². The summed E-state index contributed by atoms with van der Waals surface area (Å²) in [7, 11) is 0. The molecule has 3 nitrogen and oxygen atoms in total. The Labute approximate surface area is 179 Å². The third kappa shape index (κ3) is 6.21. The highest BCUT2D eigenvalue weighted by atomic mass is 16.3. The highest BCUT2D eigenvalue weighted by Crippen LogP contribution is 2.24. The standard InChI is InChI=1S/C27H31NO2/c1-2-3-4-5-6-7-19-28-24-15-11-23(12-16-24)27(30)18-14-22-10-8-9-21-13-17-25(29)20-26(21)22/h8-18,20,28-29H,2-7,19H2,1H3/b18-14+. The van der Waals surface area contributed by atoms with Gasteiger partial charge in [0.2, 0.25) is 0 Å². The number of ketones is 1. The molecular weight excluding hydrogens is 370 g/mol. The van der Waals surface area contributed by atoms with Crippen molar-refractivity contribution in [3.8, 4) is 5.75 Å². The van der Waals surface area contributed by atoms with Crippen molar-refractivity contribution in [3.05, 3.63) is 77.9 Å². The third-order valence-corrected chi connectivity index (χ3v) is 5.34. The molecular formula is C27H31NO2. The van der Waals surface area contributed by atoms with E-state index in [1.807, 2.05) is 54.6 Å². The van der Waals surface area contributed by atoms with Crippen LogP contribution in [0.3, 0.4) is 0 Å². The second kappa shape index (κ2) is 11.2. The topological polar surface area (TPSA) is 49.3 Å². The average Bonchev–Trinajstić information content (AvgIpc) is 2.77. The van der Waals surface area contributed by atoms with Crippen LogP contribution in [0.4, 0.5) is 5.69 Å². The quantitative estimate of drug-likeness (QED) is 0.203. The number of nitrogens with one attached hydrogen (secondary N) is 1. The summed E-state index contributed by atoms with van der Waals surface area (Å²) in [6.07, 6.45) is 11.1. The van der Waals surface area contributed by atoms with Crippen LogP contribution < -0.4 is 5.32 Å². The fourth-order valence-corrected chi connectivity index (χ4v) is 3.58. The van der Waals surface area contributed by atoms with E-state index in [1.165, 1.54) is 38.5 Å². The first-order valence-corrected chi connectivity index (χ1v) is 11.0. The van der Waals surface area contributed by atoms with Crippen LogP contribution >= 0.6 is 0 Å². The number of carbonyl (C=O) groups excluding carboxylic acids is 1. The molecule has 0 heterocycles. The lowest BCUT2D eigenvalue weighted by Crippen LogP contribution is -2.02. The molecule has 0 aliphatic carbocycles. The molecule has 0 aliphatic rings. The molecule has 0 radical (unpaired) electrons. The van der Waals surface area contributed by atoms with Crippen LogP contribution in [0.2, 0.25) is 0 Å². The lowest BCUT2D eigenvalue weighted by molar-refractivity contribution is 0.104. The number of allylic oxidation sites excluding steroid dienone is 1. The third-order valence-electron chi connectivity index (χ3n) is 5.34. The van der Waals surface area contributed by atoms with Crippen LogP contribution in [-0.2, 0) is 0 Å². The zero-order chi connectivity index (χ0) is 21.2. The number of hydrogen-bond donors (Lipinski definition) is 2. The Kier molecular flexibility index (Phi) is 8.08. The Morgan fingerprint density at radius 3 is 2.50 bits per heavy atom. The van der Waals surface area contributed by atoms with E-state index in [-0.39, 0.29) is 11.5 Å². The Morgan fingerprint density at radius 2 is 1.70 bits per heavy atom. The highest BCUT2D eigenvalue weighted by molar-refractivity contribution is 6.08. The molecule has 3 rings (SSSR count). The first-order chi connectivity index (χ1) is 14.7. The number of benzene rings is 3. The van der Waals surface area contributed by atoms with E-state index < -0.39 is 0 Å². The molecule has 0 aliphatic heterocycles. The minimum absolute atomic E-state index is 0.0327. The van der Waals surface area contributed by atoms with E-state index in [9.17, 15) is 9.90 Å². The molecule has 0 aromatic heterocycles. The lowest BCUT2D eigenvalue weighted by atomic mass is 10.0. The summed E-state index contributed by atoms with van der Waals surface area (Å²) < 4.78 is 0. The Hall–Kier alpha value is -3.07. The summed E-state index contributed by atoms with van der Waals surface area (Å²) in [4.78, 5) is 12.6. The molecule has 156 valence electrons. The normalized spacial score (nSPS) is 11.2. The Morgan fingerprint density at radius 1 is 0.933 bits per heavy atom. The number of rotatable bonds is 11. The van der Waals surface area contributed by atoms with Crippen LogP contribution in [0.5, 0.6) is 5.75 Å². The number of phenolic OH excluding ortho intramolecular Hbond substituents is 1. The van der Waals surface area contributed by atoms with Crippen molar-refractivity contribution in [2.24, 2.45) is 0 Å². The van der Waals surface area contributed by atoms with Gasteiger partial charge in [-0.2, -0.15) is 0 Å². The highest BCUT2D eigenvalue weighted by Gasteiger charge is 2.04. The summed E-state index contributed by atoms with van der Waals surface area (Å²) in [5.41, 5.74) is 2.63. The van der Waals surface area contributed by atoms with Gasteiger partial charge in [-0.25, -0.2) is 0 Å². The van der Waals surface area contributed by atoms with Crippen molar-refractivity contribution in [1.29, 1.82) is 0 Å². The molecule has 3 aromatic carbocycles. The maximum absolute atomic E-state index is 12.6. The molecule has 0 fully saturated rings. The van der Waals surface area contributed by atoms with Gasteiger partial charge in [0.1, 0.15) is 5.75 Å². The Balaban J connectivity index is 1.54. The van der Waals surface area contributed by atoms with Gasteiger partial charge in [-0.3, -0.25) is 4.79 Å². The molecule has 0 amide bonds. The molecule has 0 saturated carbocycles. The van der Waals surface area contributed by atoms with Gasteiger partial charge in [0, 0.05) is 17.8 Å². The number of phenols is 1. The van der Waals surface area contributed by atoms with E-state index in [4.69, 9.17) is 0 Å². The zero-order valence-electron chi connectivity index (χ0n) is 17.7. The van der Waals surface area contributed by atoms with Crippen molar-refractivity contribution in [2.75, 3.05) is 11.9 Å². The van der Waals surface area contributed by atoms with Gasteiger partial charge in [-0.1, -0.05) is 69.4 Å². The van der Waals surface area contributed by atoms with E-state index in [2.05, 4.69) is 12.2 Å². The zero-order valence-corrected chi connectivity index (χ0v) is 17.7. The minimum atomic E-state index is -0.0327. The monoisotopic (exact) mass is 401 g/mol. The van der Waals surface area contributed by atoms with Crippen LogP contribution in [-0.4, -0.2) is 17.4 Å². The fraction of sp³-hybridized carbons (Fsp3) is 0.296. The molecule has 0 saturated heterocycles. The fourth-order valence-electron chi connectivity index (χ4n) is 3.58. The summed E-state index contributed by atoms with van der Waals surface area (Å²) in [6, 6.07) is 18.8. The first kappa shape index (κ1) is 21.6. The van der Waals surface area contributed by atoms with Gasteiger partial charge in [0.15, 0.2) is 5.78 Å². The van der Waals surface area contributed by atoms with Gasteiger partial charge >= 0.3 is 0 Å². The molecule has 3 aromatic rings. The van der Waals surface area contributed by atoms with Gasteiger partial charge in [-0.15, -0.1) is 0 Å². The van der Waals surface area contributed by atoms with Crippen molar-refractivity contribution < 1.29 is 9.90 Å². The van der Waals surface area contributed by atoms with Gasteiger partial charge in [0.25, 0.3) is 0 Å². The molecule has 3 heteroatoms. The van der Waals surface area contributed by atoms with Gasteiger partial charge in [0.05, 0.1) is 0 Å². The van der Waals surface area contributed by atoms with Crippen LogP contribution in [0.1, 0.15) is 61.4 Å². The van der Waals surface area contributed by atoms with Crippen LogP contribution in [0.25, 0.3) is 16.8 Å². The average molecular weight is 402 g/mol. The summed E-state index contributed by atoms with van der Waals surface area (Å²) >= 11 is 0. The second-order valence-electron chi connectivity index (χ2n) is 7.72. The number of fused-ring (bicyclic) bond motifs is 1. The predicted molar refractivity (Wildman–Crippen MR) is 127 cm³/mol. The maximum atomic E-state index is 12.6. The Bertz CT molecular complexity index is 989. The molecule has 0 spiro atoms. The molecule has 0 unspecified atom stereocenters. The van der Waals surface area contributed by atoms with Crippen molar-refractivity contribution in [3.63, 3.8) is 0 Å². The van der Waals surface area contributed by atoms with E-state index in [1.54, 1.807) is 18.2 Å². The minimum Gasteiger partial charge on any atom is -0.508 e. The van der Waals surface area contributed by atoms with Crippen LogP contribution in [0, 0.1) is 0 Å². The van der Waals surface area contributed by atoms with Crippen molar-refractivity contribution >= 4 is 28.3 Å². The van der Waals surface area contributed by atoms with E-state index in [0.717, 1.165) is 28.6 Å².